The van der Waals surface area contributed by atoms with E-state index in [-0.39, 0.29) is 18.2 Å². The van der Waals surface area contributed by atoms with Crippen molar-refractivity contribution in [2.75, 3.05) is 0 Å². The summed E-state index contributed by atoms with van der Waals surface area (Å²) in [5.74, 6) is 0.0829. The van der Waals surface area contributed by atoms with Crippen LogP contribution in [0.15, 0.2) is 78.4 Å². The second-order valence-corrected chi connectivity index (χ2v) is 7.68. The second kappa shape index (κ2) is 10.7. The fraction of sp³-hybridized carbons (Fsp3) is 0.120. The highest BCUT2D eigenvalue weighted by atomic mass is 35.5. The number of halogens is 2. The summed E-state index contributed by atoms with van der Waals surface area (Å²) < 4.78 is 5.91. The first-order chi connectivity index (χ1) is 15.0. The van der Waals surface area contributed by atoms with E-state index in [4.69, 9.17) is 27.9 Å². The van der Waals surface area contributed by atoms with Gasteiger partial charge in [0.2, 0.25) is 0 Å². The van der Waals surface area contributed by atoms with Crippen LogP contribution in [0, 0.1) is 11.3 Å². The van der Waals surface area contributed by atoms with Gasteiger partial charge in [0, 0.05) is 21.2 Å². The molecule has 4 nitrogen and oxygen atoms in total. The monoisotopic (exact) mass is 450 g/mol. The van der Waals surface area contributed by atoms with Crippen molar-refractivity contribution in [3.05, 3.63) is 105 Å². The van der Waals surface area contributed by atoms with E-state index >= 15 is 0 Å². The van der Waals surface area contributed by atoms with Gasteiger partial charge in [0.1, 0.15) is 24.0 Å². The largest absolute Gasteiger partial charge is 0.488 e. The van der Waals surface area contributed by atoms with E-state index in [1.165, 1.54) is 6.08 Å². The van der Waals surface area contributed by atoms with Crippen LogP contribution >= 0.6 is 23.2 Å². The number of para-hydroxylation sites is 1. The van der Waals surface area contributed by atoms with Crippen molar-refractivity contribution in [3.63, 3.8) is 0 Å². The third kappa shape index (κ3) is 6.11. The minimum Gasteiger partial charge on any atom is -0.488 e. The Morgan fingerprint density at radius 1 is 1.10 bits per heavy atom. The highest BCUT2D eigenvalue weighted by Crippen LogP contribution is 2.26. The van der Waals surface area contributed by atoms with E-state index in [0.29, 0.717) is 21.4 Å². The number of ether oxygens (including phenoxy) is 1. The predicted octanol–water partition coefficient (Wildman–Crippen LogP) is 6.36. The van der Waals surface area contributed by atoms with Gasteiger partial charge in [0.05, 0.1) is 6.04 Å². The molecule has 0 aliphatic heterocycles. The van der Waals surface area contributed by atoms with Crippen LogP contribution in [0.5, 0.6) is 5.75 Å². The summed E-state index contributed by atoms with van der Waals surface area (Å²) in [4.78, 5) is 12.7. The van der Waals surface area contributed by atoms with Crippen LogP contribution in [-0.2, 0) is 11.4 Å². The van der Waals surface area contributed by atoms with Gasteiger partial charge in [0.15, 0.2) is 0 Å². The zero-order valence-corrected chi connectivity index (χ0v) is 18.3. The molecule has 3 aromatic carbocycles. The van der Waals surface area contributed by atoms with E-state index in [2.05, 4.69) is 5.32 Å². The number of amides is 1. The molecule has 0 saturated carbocycles. The van der Waals surface area contributed by atoms with Gasteiger partial charge in [-0.25, -0.2) is 0 Å². The van der Waals surface area contributed by atoms with E-state index in [1.54, 1.807) is 30.3 Å². The smallest absolute Gasteiger partial charge is 0.262 e. The SMILES string of the molecule is CC(NC(=O)/C(C#N)=C/c1ccccc1OCc1ccc(Cl)cc1Cl)c1ccccc1. The molecule has 0 bridgehead atoms. The average molecular weight is 451 g/mol. The molecular formula is C25H20Cl2N2O2. The van der Waals surface area contributed by atoms with Gasteiger partial charge in [-0.3, -0.25) is 4.79 Å². The molecule has 0 aliphatic carbocycles. The molecule has 1 N–H and O–H groups in total. The third-order valence-electron chi connectivity index (χ3n) is 4.63. The molecule has 1 atom stereocenters. The van der Waals surface area contributed by atoms with E-state index in [1.807, 2.05) is 55.5 Å². The molecule has 0 fully saturated rings. The number of carbonyl (C=O) groups excluding carboxylic acids is 1. The summed E-state index contributed by atoms with van der Waals surface area (Å²) in [6.45, 7) is 2.09. The second-order valence-electron chi connectivity index (χ2n) is 6.84. The fourth-order valence-electron chi connectivity index (χ4n) is 2.93. The molecule has 1 unspecified atom stereocenters. The summed E-state index contributed by atoms with van der Waals surface area (Å²) in [7, 11) is 0. The minimum absolute atomic E-state index is 0.0108. The maximum atomic E-state index is 12.7. The fourth-order valence-corrected chi connectivity index (χ4v) is 3.39. The molecule has 0 spiro atoms. The Bertz CT molecular complexity index is 1140. The summed E-state index contributed by atoms with van der Waals surface area (Å²) >= 11 is 12.1. The Labute approximate surface area is 191 Å². The standard InChI is InChI=1S/C25H20Cl2N2O2/c1-17(18-7-3-2-4-8-18)29-25(30)21(15-28)13-19-9-5-6-10-24(19)31-16-20-11-12-22(26)14-23(20)27/h2-14,17H,16H2,1H3,(H,29,30)/b21-13+. The lowest BCUT2D eigenvalue weighted by molar-refractivity contribution is -0.117. The lowest BCUT2D eigenvalue weighted by atomic mass is 10.1. The molecule has 0 radical (unpaired) electrons. The van der Waals surface area contributed by atoms with Crippen molar-refractivity contribution >= 4 is 35.2 Å². The first-order valence-corrected chi connectivity index (χ1v) is 10.4. The maximum absolute atomic E-state index is 12.7. The van der Waals surface area contributed by atoms with Crippen molar-refractivity contribution in [1.29, 1.82) is 5.26 Å². The molecule has 0 aliphatic rings. The van der Waals surface area contributed by atoms with Crippen LogP contribution in [0.4, 0.5) is 0 Å². The van der Waals surface area contributed by atoms with Crippen LogP contribution in [-0.4, -0.2) is 5.91 Å². The highest BCUT2D eigenvalue weighted by molar-refractivity contribution is 6.35. The Morgan fingerprint density at radius 3 is 2.52 bits per heavy atom. The summed E-state index contributed by atoms with van der Waals surface area (Å²) in [5.41, 5.74) is 2.34. The molecule has 1 amide bonds. The molecular weight excluding hydrogens is 431 g/mol. The predicted molar refractivity (Wildman–Crippen MR) is 124 cm³/mol. The molecule has 6 heteroatoms. The first-order valence-electron chi connectivity index (χ1n) is 9.61. The van der Waals surface area contributed by atoms with E-state index in [0.717, 1.165) is 11.1 Å². The average Bonchev–Trinajstić information content (AvgIpc) is 2.78. The first kappa shape index (κ1) is 22.4. The van der Waals surface area contributed by atoms with E-state index < -0.39 is 5.91 Å². The topological polar surface area (TPSA) is 62.1 Å². The highest BCUT2D eigenvalue weighted by Gasteiger charge is 2.15. The summed E-state index contributed by atoms with van der Waals surface area (Å²) in [6.07, 6.45) is 1.52. The number of benzene rings is 3. The summed E-state index contributed by atoms with van der Waals surface area (Å²) in [5, 5.41) is 13.5. The molecule has 3 rings (SSSR count). The number of hydrogen-bond donors (Lipinski definition) is 1. The number of rotatable bonds is 7. The van der Waals surface area contributed by atoms with Gasteiger partial charge in [-0.15, -0.1) is 0 Å². The number of carbonyl (C=O) groups is 1. The van der Waals surface area contributed by atoms with Crippen molar-refractivity contribution in [3.8, 4) is 11.8 Å². The molecule has 3 aromatic rings. The number of nitrogens with one attached hydrogen (secondary N) is 1. The van der Waals surface area contributed by atoms with Gasteiger partial charge in [0.25, 0.3) is 5.91 Å². The molecule has 31 heavy (non-hydrogen) atoms. The van der Waals surface area contributed by atoms with Crippen LogP contribution in [0.25, 0.3) is 6.08 Å². The van der Waals surface area contributed by atoms with E-state index in [9.17, 15) is 10.1 Å². The van der Waals surface area contributed by atoms with Crippen molar-refractivity contribution < 1.29 is 9.53 Å². The molecule has 0 aromatic heterocycles. The Morgan fingerprint density at radius 2 is 1.81 bits per heavy atom. The van der Waals surface area contributed by atoms with Crippen LogP contribution in [0.2, 0.25) is 10.0 Å². The van der Waals surface area contributed by atoms with Crippen molar-refractivity contribution in [2.24, 2.45) is 0 Å². The molecule has 0 saturated heterocycles. The Kier molecular flexibility index (Phi) is 7.72. The lowest BCUT2D eigenvalue weighted by Crippen LogP contribution is -2.27. The van der Waals surface area contributed by atoms with Crippen molar-refractivity contribution in [1.82, 2.24) is 5.32 Å². The number of nitrogens with zero attached hydrogens (tertiary/aromatic N) is 1. The maximum Gasteiger partial charge on any atom is 0.262 e. The van der Waals surface area contributed by atoms with Gasteiger partial charge in [-0.2, -0.15) is 5.26 Å². The van der Waals surface area contributed by atoms with Crippen LogP contribution in [0.3, 0.4) is 0 Å². The van der Waals surface area contributed by atoms with Crippen LogP contribution < -0.4 is 10.1 Å². The van der Waals surface area contributed by atoms with Gasteiger partial charge >= 0.3 is 0 Å². The van der Waals surface area contributed by atoms with Crippen LogP contribution in [0.1, 0.15) is 29.7 Å². The zero-order chi connectivity index (χ0) is 22.2. The molecule has 156 valence electrons. The summed E-state index contributed by atoms with van der Waals surface area (Å²) in [6, 6.07) is 23.7. The zero-order valence-electron chi connectivity index (χ0n) is 16.8. The normalized spacial score (nSPS) is 12.0. The lowest BCUT2D eigenvalue weighted by Gasteiger charge is -2.14. The quantitative estimate of drug-likeness (QED) is 0.336. The number of nitriles is 1. The minimum atomic E-state index is -0.450. The van der Waals surface area contributed by atoms with Gasteiger partial charge in [-0.1, -0.05) is 77.8 Å². The van der Waals surface area contributed by atoms with Gasteiger partial charge in [-0.05, 0) is 36.8 Å². The Hall–Kier alpha value is -3.26. The third-order valence-corrected chi connectivity index (χ3v) is 5.22. The number of hydrogen-bond acceptors (Lipinski definition) is 3. The Balaban J connectivity index is 1.76. The van der Waals surface area contributed by atoms with Gasteiger partial charge < -0.3 is 10.1 Å². The molecule has 0 heterocycles. The van der Waals surface area contributed by atoms with Crippen molar-refractivity contribution in [2.45, 2.75) is 19.6 Å².